The molecule has 1 aromatic carbocycles. The van der Waals surface area contributed by atoms with Gasteiger partial charge in [-0.15, -0.1) is 0 Å². The summed E-state index contributed by atoms with van der Waals surface area (Å²) in [5.74, 6) is 2.61. The summed E-state index contributed by atoms with van der Waals surface area (Å²) in [5.41, 5.74) is 0. The summed E-state index contributed by atoms with van der Waals surface area (Å²) in [6.45, 7) is 5.42. The molecule has 1 fully saturated rings. The molecule has 2 heterocycles. The van der Waals surface area contributed by atoms with Crippen molar-refractivity contribution in [1.82, 2.24) is 15.0 Å². The summed E-state index contributed by atoms with van der Waals surface area (Å²) < 4.78 is 34.3. The van der Waals surface area contributed by atoms with Crippen LogP contribution in [-0.4, -0.2) is 63.5 Å². The van der Waals surface area contributed by atoms with Crippen LogP contribution >= 0.6 is 0 Å². The van der Waals surface area contributed by atoms with Crippen molar-refractivity contribution in [2.75, 3.05) is 44.9 Å². The molecule has 8 nitrogen and oxygen atoms in total. The first-order chi connectivity index (χ1) is 14.2. The molecule has 0 amide bonds. The summed E-state index contributed by atoms with van der Waals surface area (Å²) in [5, 5.41) is 4.05. The summed E-state index contributed by atoms with van der Waals surface area (Å²) in [7, 11) is 0.793. The number of nitrogens with zero attached hydrogens (tertiary/aromatic N) is 4. The van der Waals surface area contributed by atoms with Gasteiger partial charge in [0.15, 0.2) is 15.7 Å². The van der Waals surface area contributed by atoms with E-state index in [9.17, 15) is 8.42 Å². The van der Waals surface area contributed by atoms with Gasteiger partial charge >= 0.3 is 6.01 Å². The molecule has 3 rings (SSSR count). The number of sulfone groups is 1. The third-order valence-electron chi connectivity index (χ3n) is 5.62. The number of aromatic nitrogens is 2. The molecule has 0 aliphatic carbocycles. The van der Waals surface area contributed by atoms with Crippen molar-refractivity contribution in [3.63, 3.8) is 0 Å². The SMILES string of the molecule is C[C@H](CCOc1ccc(S(C)(=O)=O)cc1)C1CCN(c2nc(CN(C)C)no2)CC1. The van der Waals surface area contributed by atoms with Gasteiger partial charge in [-0.3, -0.25) is 0 Å². The topological polar surface area (TPSA) is 88.8 Å². The Labute approximate surface area is 179 Å². The lowest BCUT2D eigenvalue weighted by Crippen LogP contribution is -2.36. The van der Waals surface area contributed by atoms with E-state index in [1.807, 2.05) is 19.0 Å². The van der Waals surface area contributed by atoms with Crippen LogP contribution in [0.15, 0.2) is 33.7 Å². The van der Waals surface area contributed by atoms with Crippen LogP contribution in [0, 0.1) is 11.8 Å². The molecule has 1 saturated heterocycles. The Morgan fingerprint density at radius 1 is 1.23 bits per heavy atom. The second-order valence-corrected chi connectivity index (χ2v) is 10.4. The lowest BCUT2D eigenvalue weighted by atomic mass is 9.84. The molecule has 1 atom stereocenters. The highest BCUT2D eigenvalue weighted by molar-refractivity contribution is 7.90. The molecule has 166 valence electrons. The minimum Gasteiger partial charge on any atom is -0.494 e. The minimum absolute atomic E-state index is 0.310. The standard InChI is InChI=1S/C21H32N4O4S/c1-16(11-14-28-18-5-7-19(8-6-18)30(4,26)27)17-9-12-25(13-10-17)21-22-20(23-29-21)15-24(2)3/h5-8,16-17H,9-15H2,1-4H3/t16-/m1/s1. The number of rotatable bonds is 9. The van der Waals surface area contributed by atoms with Crippen LogP contribution in [0.4, 0.5) is 6.01 Å². The largest absolute Gasteiger partial charge is 0.494 e. The number of hydrogen-bond donors (Lipinski definition) is 0. The fourth-order valence-electron chi connectivity index (χ4n) is 3.76. The second-order valence-electron chi connectivity index (χ2n) is 8.41. The Morgan fingerprint density at radius 3 is 2.50 bits per heavy atom. The highest BCUT2D eigenvalue weighted by atomic mass is 32.2. The Hall–Kier alpha value is -2.13. The van der Waals surface area contributed by atoms with Crippen LogP contribution in [-0.2, 0) is 16.4 Å². The van der Waals surface area contributed by atoms with E-state index in [1.54, 1.807) is 24.3 Å². The Kier molecular flexibility index (Phi) is 7.36. The van der Waals surface area contributed by atoms with Crippen molar-refractivity contribution in [3.8, 4) is 5.75 Å². The van der Waals surface area contributed by atoms with E-state index in [2.05, 4.69) is 22.0 Å². The summed E-state index contributed by atoms with van der Waals surface area (Å²) in [6.07, 6.45) is 4.36. The first kappa shape index (κ1) is 22.6. The van der Waals surface area contributed by atoms with E-state index in [1.165, 1.54) is 6.26 Å². The molecule has 0 radical (unpaired) electrons. The molecule has 0 spiro atoms. The maximum Gasteiger partial charge on any atom is 0.324 e. The molecule has 1 aromatic heterocycles. The van der Waals surface area contributed by atoms with Crippen LogP contribution in [0.25, 0.3) is 0 Å². The van der Waals surface area contributed by atoms with Gasteiger partial charge in [-0.2, -0.15) is 4.98 Å². The normalized spacial score (nSPS) is 16.8. The van der Waals surface area contributed by atoms with Crippen molar-refractivity contribution >= 4 is 15.9 Å². The van der Waals surface area contributed by atoms with Crippen molar-refractivity contribution in [3.05, 3.63) is 30.1 Å². The van der Waals surface area contributed by atoms with Gasteiger partial charge in [0.1, 0.15) is 5.75 Å². The van der Waals surface area contributed by atoms with Gasteiger partial charge < -0.3 is 19.1 Å². The number of hydrogen-bond acceptors (Lipinski definition) is 8. The van der Waals surface area contributed by atoms with Gasteiger partial charge in [-0.1, -0.05) is 12.1 Å². The zero-order valence-electron chi connectivity index (χ0n) is 18.2. The van der Waals surface area contributed by atoms with Gasteiger partial charge in [0.2, 0.25) is 0 Å². The van der Waals surface area contributed by atoms with E-state index in [0.29, 0.717) is 47.5 Å². The van der Waals surface area contributed by atoms with E-state index in [4.69, 9.17) is 9.26 Å². The fourth-order valence-corrected chi connectivity index (χ4v) is 4.39. The maximum atomic E-state index is 11.5. The zero-order chi connectivity index (χ0) is 21.7. The molecule has 30 heavy (non-hydrogen) atoms. The van der Waals surface area contributed by atoms with Gasteiger partial charge in [0.05, 0.1) is 18.0 Å². The van der Waals surface area contributed by atoms with Crippen molar-refractivity contribution in [1.29, 1.82) is 0 Å². The minimum atomic E-state index is -3.17. The Balaban J connectivity index is 1.41. The maximum absolute atomic E-state index is 11.5. The highest BCUT2D eigenvalue weighted by Gasteiger charge is 2.26. The predicted molar refractivity (Wildman–Crippen MR) is 115 cm³/mol. The third-order valence-corrected chi connectivity index (χ3v) is 6.75. The first-order valence-corrected chi connectivity index (χ1v) is 12.3. The summed E-state index contributed by atoms with van der Waals surface area (Å²) in [6, 6.07) is 7.23. The fraction of sp³-hybridized carbons (Fsp3) is 0.619. The average Bonchev–Trinajstić information content (AvgIpc) is 3.15. The van der Waals surface area contributed by atoms with Crippen LogP contribution in [0.5, 0.6) is 5.75 Å². The second kappa shape index (κ2) is 9.78. The molecule has 2 aromatic rings. The first-order valence-electron chi connectivity index (χ1n) is 10.4. The van der Waals surface area contributed by atoms with Crippen molar-refractivity contribution in [2.24, 2.45) is 11.8 Å². The molecule has 0 saturated carbocycles. The molecule has 0 unspecified atom stereocenters. The number of benzene rings is 1. The summed E-state index contributed by atoms with van der Waals surface area (Å²) >= 11 is 0. The van der Waals surface area contributed by atoms with Crippen LogP contribution in [0.3, 0.4) is 0 Å². The van der Waals surface area contributed by atoms with E-state index >= 15 is 0 Å². The van der Waals surface area contributed by atoms with Gasteiger partial charge in [0.25, 0.3) is 0 Å². The quantitative estimate of drug-likeness (QED) is 0.593. The van der Waals surface area contributed by atoms with Crippen molar-refractivity contribution < 1.29 is 17.7 Å². The zero-order valence-corrected chi connectivity index (χ0v) is 19.1. The molecule has 0 bridgehead atoms. The van der Waals surface area contributed by atoms with Gasteiger partial charge in [-0.25, -0.2) is 8.42 Å². The molecular weight excluding hydrogens is 404 g/mol. The molecule has 1 aliphatic rings. The van der Waals surface area contributed by atoms with Crippen LogP contribution < -0.4 is 9.64 Å². The highest BCUT2D eigenvalue weighted by Crippen LogP contribution is 2.29. The van der Waals surface area contributed by atoms with Crippen LogP contribution in [0.1, 0.15) is 32.0 Å². The van der Waals surface area contributed by atoms with Crippen LogP contribution in [0.2, 0.25) is 0 Å². The molecule has 1 aliphatic heterocycles. The van der Waals surface area contributed by atoms with Gasteiger partial charge in [-0.05, 0) is 69.5 Å². The summed E-state index contributed by atoms with van der Waals surface area (Å²) in [4.78, 5) is 9.00. The average molecular weight is 437 g/mol. The number of ether oxygens (including phenoxy) is 1. The smallest absolute Gasteiger partial charge is 0.324 e. The Morgan fingerprint density at radius 2 is 1.90 bits per heavy atom. The number of anilines is 1. The van der Waals surface area contributed by atoms with E-state index < -0.39 is 9.84 Å². The Bertz CT molecular complexity index is 903. The van der Waals surface area contributed by atoms with Crippen molar-refractivity contribution in [2.45, 2.75) is 37.6 Å². The van der Waals surface area contributed by atoms with E-state index in [-0.39, 0.29) is 0 Å². The number of piperidine rings is 1. The lowest BCUT2D eigenvalue weighted by molar-refractivity contribution is 0.220. The lowest BCUT2D eigenvalue weighted by Gasteiger charge is -2.33. The van der Waals surface area contributed by atoms with Gasteiger partial charge in [0, 0.05) is 19.3 Å². The monoisotopic (exact) mass is 436 g/mol. The molecular formula is C21H32N4O4S. The van der Waals surface area contributed by atoms with E-state index in [0.717, 1.165) is 32.4 Å². The predicted octanol–water partition coefficient (Wildman–Crippen LogP) is 2.86. The third kappa shape index (κ3) is 6.18. The molecule has 9 heteroatoms. The molecule has 0 N–H and O–H groups in total.